The monoisotopic (exact) mass is 534 g/mol. The number of fused-ring (bicyclic) bond motifs is 1. The number of hydrogen-bond donors (Lipinski definition) is 3. The van der Waals surface area contributed by atoms with Crippen molar-refractivity contribution in [3.05, 3.63) is 145 Å². The standard InChI is InChI=1S/C35H39FN4/c1-10-26(18-27(11-2)39-25(8)22(4)5)23(6)17-29(33(12-3)37-9)24(7)34-19-30-31(20-38-21-35(30)40-34)28-15-13-14-16-32(28)36/h10-22,37,39-40H,2,6-8H2,1,3-5,9H3/b26-10+,27-18+,29-17-,33-12+. The maximum absolute atomic E-state index is 14.7. The summed E-state index contributed by atoms with van der Waals surface area (Å²) >= 11 is 0. The summed E-state index contributed by atoms with van der Waals surface area (Å²) in [6.07, 6.45) is 13.2. The van der Waals surface area contributed by atoms with E-state index in [1.54, 1.807) is 30.6 Å². The summed E-state index contributed by atoms with van der Waals surface area (Å²) in [7, 11) is 1.87. The number of halogens is 1. The van der Waals surface area contributed by atoms with E-state index in [2.05, 4.69) is 60.8 Å². The molecule has 0 radical (unpaired) electrons. The van der Waals surface area contributed by atoms with E-state index >= 15 is 0 Å². The van der Waals surface area contributed by atoms with Crippen LogP contribution in [-0.2, 0) is 0 Å². The van der Waals surface area contributed by atoms with Gasteiger partial charge in [-0.05, 0) is 61.3 Å². The summed E-state index contributed by atoms with van der Waals surface area (Å²) in [4.78, 5) is 7.78. The number of rotatable bonds is 12. The largest absolute Gasteiger partial charge is 0.388 e. The second-order valence-electron chi connectivity index (χ2n) is 9.68. The molecule has 1 aromatic carbocycles. The first-order valence-electron chi connectivity index (χ1n) is 13.3. The van der Waals surface area contributed by atoms with E-state index in [0.717, 1.165) is 61.5 Å². The van der Waals surface area contributed by atoms with Gasteiger partial charge in [-0.15, -0.1) is 0 Å². The van der Waals surface area contributed by atoms with Crippen molar-refractivity contribution in [2.45, 2.75) is 27.7 Å². The average molecular weight is 535 g/mol. The Kier molecular flexibility index (Phi) is 10.0. The fourth-order valence-corrected chi connectivity index (χ4v) is 4.28. The van der Waals surface area contributed by atoms with E-state index in [1.165, 1.54) is 6.07 Å². The lowest BCUT2D eigenvalue weighted by Gasteiger charge is -2.16. The van der Waals surface area contributed by atoms with Crippen LogP contribution in [0.25, 0.3) is 27.6 Å². The highest BCUT2D eigenvalue weighted by Crippen LogP contribution is 2.34. The van der Waals surface area contributed by atoms with Gasteiger partial charge in [0.05, 0.1) is 11.7 Å². The molecule has 0 aliphatic carbocycles. The molecule has 5 heteroatoms. The zero-order valence-corrected chi connectivity index (χ0v) is 24.2. The molecule has 4 nitrogen and oxygen atoms in total. The Hall–Kier alpha value is -4.64. The van der Waals surface area contributed by atoms with Gasteiger partial charge in [-0.3, -0.25) is 4.98 Å². The third-order valence-corrected chi connectivity index (χ3v) is 6.74. The molecule has 0 aliphatic rings. The summed E-state index contributed by atoms with van der Waals surface area (Å²) in [5.74, 6) is -0.00680. The molecule has 40 heavy (non-hydrogen) atoms. The normalized spacial score (nSPS) is 13.0. The third kappa shape index (κ3) is 6.67. The van der Waals surface area contributed by atoms with Crippen molar-refractivity contribution in [2.24, 2.45) is 5.92 Å². The Morgan fingerprint density at radius 1 is 1.02 bits per heavy atom. The van der Waals surface area contributed by atoms with Gasteiger partial charge in [0.2, 0.25) is 0 Å². The number of aromatic nitrogens is 2. The number of aromatic amines is 1. The van der Waals surface area contributed by atoms with Crippen molar-refractivity contribution in [3.8, 4) is 11.1 Å². The summed E-state index contributed by atoms with van der Waals surface area (Å²) in [5, 5.41) is 7.48. The molecule has 0 amide bonds. The Morgan fingerprint density at radius 2 is 1.75 bits per heavy atom. The molecule has 3 N–H and O–H groups in total. The number of nitrogens with zero attached hydrogens (tertiary/aromatic N) is 1. The lowest BCUT2D eigenvalue weighted by atomic mass is 9.95. The van der Waals surface area contributed by atoms with Crippen LogP contribution in [0.1, 0.15) is 33.4 Å². The van der Waals surface area contributed by atoms with Gasteiger partial charge in [-0.2, -0.15) is 0 Å². The smallest absolute Gasteiger partial charge is 0.131 e. The molecular weight excluding hydrogens is 495 g/mol. The molecular formula is C35H39FN4. The molecule has 2 aromatic heterocycles. The summed E-state index contributed by atoms with van der Waals surface area (Å²) in [6.45, 7) is 25.0. The first kappa shape index (κ1) is 29.9. The van der Waals surface area contributed by atoms with Gasteiger partial charge < -0.3 is 15.6 Å². The Bertz CT molecular complexity index is 1570. The van der Waals surface area contributed by atoms with Gasteiger partial charge in [-0.1, -0.05) is 70.5 Å². The lowest BCUT2D eigenvalue weighted by molar-refractivity contribution is 0.631. The number of hydrogen-bond acceptors (Lipinski definition) is 3. The van der Waals surface area contributed by atoms with Crippen LogP contribution in [-0.4, -0.2) is 17.0 Å². The maximum atomic E-state index is 14.7. The van der Waals surface area contributed by atoms with Crippen LogP contribution in [0, 0.1) is 11.7 Å². The quantitative estimate of drug-likeness (QED) is 0.204. The minimum absolute atomic E-state index is 0.286. The highest BCUT2D eigenvalue weighted by Gasteiger charge is 2.16. The van der Waals surface area contributed by atoms with E-state index in [1.807, 2.05) is 57.3 Å². The highest BCUT2D eigenvalue weighted by atomic mass is 19.1. The predicted molar refractivity (Wildman–Crippen MR) is 170 cm³/mol. The predicted octanol–water partition coefficient (Wildman–Crippen LogP) is 8.76. The minimum Gasteiger partial charge on any atom is -0.388 e. The fraction of sp³-hybridized carbons (Fsp3) is 0.171. The van der Waals surface area contributed by atoms with Crippen molar-refractivity contribution < 1.29 is 4.39 Å². The van der Waals surface area contributed by atoms with Crippen LogP contribution in [0.4, 0.5) is 4.39 Å². The summed E-state index contributed by atoms with van der Waals surface area (Å²) in [5.41, 5.74) is 8.81. The number of likely N-dealkylation sites (N-methyl/N-ethyl adjacent to an activating group) is 1. The second kappa shape index (κ2) is 13.4. The van der Waals surface area contributed by atoms with Gasteiger partial charge in [0.1, 0.15) is 5.82 Å². The molecule has 0 aliphatic heterocycles. The van der Waals surface area contributed by atoms with Gasteiger partial charge in [0.25, 0.3) is 0 Å². The number of allylic oxidation sites excluding steroid dienone is 9. The van der Waals surface area contributed by atoms with Crippen molar-refractivity contribution in [3.63, 3.8) is 0 Å². The lowest BCUT2D eigenvalue weighted by Crippen LogP contribution is -2.15. The Labute approximate surface area is 237 Å². The van der Waals surface area contributed by atoms with Crippen molar-refractivity contribution in [1.29, 1.82) is 0 Å². The molecule has 0 spiro atoms. The summed E-state index contributed by atoms with van der Waals surface area (Å²) < 4.78 is 14.7. The zero-order valence-electron chi connectivity index (χ0n) is 24.2. The zero-order chi connectivity index (χ0) is 29.4. The molecule has 0 bridgehead atoms. The minimum atomic E-state index is -0.293. The number of benzene rings is 1. The third-order valence-electron chi connectivity index (χ3n) is 6.74. The van der Waals surface area contributed by atoms with Gasteiger partial charge in [0, 0.05) is 63.7 Å². The number of nitrogens with one attached hydrogen (secondary N) is 3. The Balaban J connectivity index is 2.06. The topological polar surface area (TPSA) is 52.7 Å². The van der Waals surface area contributed by atoms with E-state index < -0.39 is 0 Å². The van der Waals surface area contributed by atoms with Crippen molar-refractivity contribution >= 4 is 16.5 Å². The SMILES string of the molecule is C=C/C(=C\C(=C/C)C(=C)/C=C(C(=C)c1cc2c(-c3ccccc3F)cncc2[nH]1)\C(=C/C)NC)NC(=C)C(C)C. The van der Waals surface area contributed by atoms with Crippen LogP contribution in [0.5, 0.6) is 0 Å². The van der Waals surface area contributed by atoms with Gasteiger partial charge in [-0.25, -0.2) is 4.39 Å². The van der Waals surface area contributed by atoms with Crippen LogP contribution >= 0.6 is 0 Å². The van der Waals surface area contributed by atoms with Crippen LogP contribution in [0.3, 0.4) is 0 Å². The second-order valence-corrected chi connectivity index (χ2v) is 9.68. The van der Waals surface area contributed by atoms with E-state index in [4.69, 9.17) is 0 Å². The maximum Gasteiger partial charge on any atom is 0.131 e. The number of H-pyrrole nitrogens is 1. The molecule has 0 saturated carbocycles. The Morgan fingerprint density at radius 3 is 2.35 bits per heavy atom. The van der Waals surface area contributed by atoms with E-state index in [-0.39, 0.29) is 11.7 Å². The first-order valence-corrected chi connectivity index (χ1v) is 13.3. The molecule has 0 fully saturated rings. The average Bonchev–Trinajstić information content (AvgIpc) is 3.39. The van der Waals surface area contributed by atoms with Crippen molar-refractivity contribution in [1.82, 2.24) is 20.6 Å². The van der Waals surface area contributed by atoms with E-state index in [9.17, 15) is 4.39 Å². The molecule has 206 valence electrons. The molecule has 2 heterocycles. The highest BCUT2D eigenvalue weighted by molar-refractivity contribution is 5.98. The first-order chi connectivity index (χ1) is 19.1. The van der Waals surface area contributed by atoms with Crippen LogP contribution < -0.4 is 10.6 Å². The molecule has 0 unspecified atom stereocenters. The molecule has 0 atom stereocenters. The molecule has 3 rings (SSSR count). The van der Waals surface area contributed by atoms with Gasteiger partial charge >= 0.3 is 0 Å². The molecule has 0 saturated heterocycles. The fourth-order valence-electron chi connectivity index (χ4n) is 4.28. The van der Waals surface area contributed by atoms with Crippen LogP contribution in [0.2, 0.25) is 0 Å². The van der Waals surface area contributed by atoms with E-state index in [0.29, 0.717) is 5.56 Å². The van der Waals surface area contributed by atoms with Crippen molar-refractivity contribution in [2.75, 3.05) is 7.05 Å². The number of pyridine rings is 1. The van der Waals surface area contributed by atoms with Crippen LogP contribution in [0.15, 0.2) is 133 Å². The van der Waals surface area contributed by atoms with Gasteiger partial charge in [0.15, 0.2) is 0 Å². The summed E-state index contributed by atoms with van der Waals surface area (Å²) in [6, 6.07) is 8.71. The molecule has 3 aromatic rings.